The number of aliphatic hydroxyl groups is 1. The van der Waals surface area contributed by atoms with Crippen LogP contribution in [0.25, 0.3) is 0 Å². The van der Waals surface area contributed by atoms with Gasteiger partial charge in [0.15, 0.2) is 5.60 Å². The van der Waals surface area contributed by atoms with Crippen LogP contribution in [0.3, 0.4) is 0 Å². The normalized spacial score (nSPS) is 23.2. The molecular formula is C13H15NO3. The van der Waals surface area contributed by atoms with Crippen molar-refractivity contribution < 1.29 is 14.7 Å². The molecule has 1 aliphatic rings. The molecule has 1 aliphatic heterocycles. The highest BCUT2D eigenvalue weighted by Crippen LogP contribution is 2.47. The third-order valence-corrected chi connectivity index (χ3v) is 3.44. The summed E-state index contributed by atoms with van der Waals surface area (Å²) in [4.78, 5) is 23.1. The van der Waals surface area contributed by atoms with E-state index in [1.54, 1.807) is 26.0 Å². The molecule has 2 N–H and O–H groups in total. The summed E-state index contributed by atoms with van der Waals surface area (Å²) in [5.41, 5.74) is -1.10. The van der Waals surface area contributed by atoms with Gasteiger partial charge in [-0.3, -0.25) is 4.79 Å². The van der Waals surface area contributed by atoms with Crippen LogP contribution in [0.4, 0.5) is 5.69 Å². The molecule has 1 aromatic carbocycles. The summed E-state index contributed by atoms with van der Waals surface area (Å²) in [6, 6.07) is 5.33. The van der Waals surface area contributed by atoms with Gasteiger partial charge in [-0.2, -0.15) is 0 Å². The second-order valence-corrected chi connectivity index (χ2v) is 5.00. The van der Waals surface area contributed by atoms with Crippen molar-refractivity contribution in [3.8, 4) is 0 Å². The molecule has 0 spiro atoms. The van der Waals surface area contributed by atoms with Gasteiger partial charge in [-0.15, -0.1) is 0 Å². The molecule has 1 amide bonds. The van der Waals surface area contributed by atoms with E-state index in [9.17, 15) is 14.7 Å². The van der Waals surface area contributed by atoms with Crippen molar-refractivity contribution in [3.63, 3.8) is 0 Å². The molecule has 0 saturated carbocycles. The molecule has 1 aromatic rings. The molecular weight excluding hydrogens is 218 g/mol. The van der Waals surface area contributed by atoms with Crippen LogP contribution in [0.5, 0.6) is 0 Å². The predicted octanol–water partition coefficient (Wildman–Crippen LogP) is 1.36. The van der Waals surface area contributed by atoms with Gasteiger partial charge in [0.2, 0.25) is 0 Å². The first kappa shape index (κ1) is 11.8. The van der Waals surface area contributed by atoms with Gasteiger partial charge in [0.05, 0.1) is 5.41 Å². The van der Waals surface area contributed by atoms with Crippen LogP contribution < -0.4 is 5.32 Å². The first-order valence-electron chi connectivity index (χ1n) is 5.45. The average molecular weight is 233 g/mol. The molecule has 2 rings (SSSR count). The van der Waals surface area contributed by atoms with Crippen LogP contribution in [-0.4, -0.2) is 17.3 Å². The molecule has 1 atom stereocenters. The average Bonchev–Trinajstić information content (AvgIpc) is 2.54. The van der Waals surface area contributed by atoms with E-state index in [1.165, 1.54) is 0 Å². The molecule has 0 saturated heterocycles. The van der Waals surface area contributed by atoms with Crippen molar-refractivity contribution in [1.29, 1.82) is 0 Å². The number of benzene rings is 1. The highest BCUT2D eigenvalue weighted by Gasteiger charge is 2.56. The minimum atomic E-state index is -1.80. The van der Waals surface area contributed by atoms with E-state index in [-0.39, 0.29) is 0 Å². The van der Waals surface area contributed by atoms with E-state index in [0.717, 1.165) is 5.56 Å². The topological polar surface area (TPSA) is 66.4 Å². The highest BCUT2D eigenvalue weighted by molar-refractivity contribution is 6.07. The monoisotopic (exact) mass is 233 g/mol. The molecule has 0 aliphatic carbocycles. The van der Waals surface area contributed by atoms with Gasteiger partial charge in [-0.25, -0.2) is 0 Å². The van der Waals surface area contributed by atoms with E-state index in [0.29, 0.717) is 17.5 Å². The lowest BCUT2D eigenvalue weighted by Gasteiger charge is -2.34. The number of anilines is 1. The third-order valence-electron chi connectivity index (χ3n) is 3.44. The fourth-order valence-corrected chi connectivity index (χ4v) is 2.28. The first-order valence-corrected chi connectivity index (χ1v) is 5.45. The molecule has 1 heterocycles. The van der Waals surface area contributed by atoms with E-state index in [1.807, 2.05) is 13.0 Å². The lowest BCUT2D eigenvalue weighted by atomic mass is 9.71. The van der Waals surface area contributed by atoms with Gasteiger partial charge < -0.3 is 15.2 Å². The summed E-state index contributed by atoms with van der Waals surface area (Å²) in [5, 5.41) is 13.3. The fourth-order valence-electron chi connectivity index (χ4n) is 2.28. The van der Waals surface area contributed by atoms with Crippen LogP contribution in [-0.2, 0) is 15.2 Å². The van der Waals surface area contributed by atoms with Gasteiger partial charge in [0, 0.05) is 11.3 Å². The number of hydrogen-bond donors (Lipinski definition) is 2. The van der Waals surface area contributed by atoms with Crippen LogP contribution >= 0.6 is 0 Å². The molecule has 0 unspecified atom stereocenters. The zero-order valence-electron chi connectivity index (χ0n) is 10.1. The van der Waals surface area contributed by atoms with Gasteiger partial charge in [0.25, 0.3) is 5.91 Å². The number of rotatable bonds is 2. The molecule has 0 fully saturated rings. The summed E-state index contributed by atoms with van der Waals surface area (Å²) in [6.07, 6.45) is 0.619. The van der Waals surface area contributed by atoms with E-state index >= 15 is 0 Å². The summed E-state index contributed by atoms with van der Waals surface area (Å²) >= 11 is 0. The molecule has 17 heavy (non-hydrogen) atoms. The molecule has 4 heteroatoms. The van der Waals surface area contributed by atoms with Gasteiger partial charge in [0.1, 0.15) is 6.29 Å². The number of fused-ring (bicyclic) bond motifs is 1. The zero-order valence-corrected chi connectivity index (χ0v) is 10.1. The summed E-state index contributed by atoms with van der Waals surface area (Å²) < 4.78 is 0. The number of carbonyl (C=O) groups is 2. The minimum absolute atomic E-state index is 0.502. The molecule has 0 aromatic heterocycles. The Balaban J connectivity index is 2.74. The Morgan fingerprint density at radius 3 is 2.65 bits per heavy atom. The van der Waals surface area contributed by atoms with Crippen molar-refractivity contribution in [2.45, 2.75) is 26.4 Å². The Morgan fingerprint density at radius 2 is 2.06 bits per heavy atom. The number of nitrogens with one attached hydrogen (secondary N) is 1. The fraction of sp³-hybridized carbons (Fsp3) is 0.385. The van der Waals surface area contributed by atoms with E-state index < -0.39 is 16.9 Å². The van der Waals surface area contributed by atoms with Crippen LogP contribution in [0.15, 0.2) is 18.2 Å². The van der Waals surface area contributed by atoms with Gasteiger partial charge in [-0.1, -0.05) is 12.1 Å². The second kappa shape index (κ2) is 3.40. The second-order valence-electron chi connectivity index (χ2n) is 5.00. The van der Waals surface area contributed by atoms with Crippen LogP contribution in [0.2, 0.25) is 0 Å². The van der Waals surface area contributed by atoms with Crippen molar-refractivity contribution in [3.05, 3.63) is 29.3 Å². The van der Waals surface area contributed by atoms with Crippen molar-refractivity contribution >= 4 is 17.9 Å². The van der Waals surface area contributed by atoms with Crippen LogP contribution in [0, 0.1) is 12.3 Å². The smallest absolute Gasteiger partial charge is 0.262 e. The molecule has 0 bridgehead atoms. The van der Waals surface area contributed by atoms with Crippen molar-refractivity contribution in [1.82, 2.24) is 0 Å². The third kappa shape index (κ3) is 1.34. The standard InChI is InChI=1S/C13H15NO3/c1-8-5-4-6-9-10(8)13(17,11(16)14-9)12(2,3)7-15/h4-7,17H,1-3H3,(H,14,16)/t13-/m1/s1. The predicted molar refractivity (Wildman–Crippen MR) is 63.6 cm³/mol. The highest BCUT2D eigenvalue weighted by atomic mass is 16.3. The Labute approximate surface area is 99.6 Å². The van der Waals surface area contributed by atoms with Gasteiger partial charge in [-0.05, 0) is 32.4 Å². The maximum absolute atomic E-state index is 12.0. The Morgan fingerprint density at radius 1 is 1.41 bits per heavy atom. The first-order chi connectivity index (χ1) is 7.84. The number of amides is 1. The molecule has 0 radical (unpaired) electrons. The van der Waals surface area contributed by atoms with E-state index in [4.69, 9.17) is 0 Å². The Bertz CT molecular complexity index is 507. The summed E-state index contributed by atoms with van der Waals surface area (Å²) in [5.74, 6) is -0.543. The Kier molecular flexibility index (Phi) is 2.36. The number of hydrogen-bond acceptors (Lipinski definition) is 3. The minimum Gasteiger partial charge on any atom is -0.374 e. The van der Waals surface area contributed by atoms with Gasteiger partial charge >= 0.3 is 0 Å². The SMILES string of the molecule is Cc1cccc2c1[C@](O)(C(C)(C)C=O)C(=O)N2. The molecule has 90 valence electrons. The number of aldehydes is 1. The van der Waals surface area contributed by atoms with Crippen LogP contribution in [0.1, 0.15) is 25.0 Å². The largest absolute Gasteiger partial charge is 0.374 e. The quantitative estimate of drug-likeness (QED) is 0.758. The maximum Gasteiger partial charge on any atom is 0.262 e. The zero-order chi connectivity index (χ0) is 12.8. The maximum atomic E-state index is 12.0. The summed E-state index contributed by atoms with van der Waals surface area (Å²) in [7, 11) is 0. The molecule has 4 nitrogen and oxygen atoms in total. The number of aryl methyl sites for hydroxylation is 1. The van der Waals surface area contributed by atoms with Crippen molar-refractivity contribution in [2.75, 3.05) is 5.32 Å². The number of carbonyl (C=O) groups excluding carboxylic acids is 2. The van der Waals surface area contributed by atoms with E-state index in [2.05, 4.69) is 5.32 Å². The van der Waals surface area contributed by atoms with Crippen molar-refractivity contribution in [2.24, 2.45) is 5.41 Å². The lowest BCUT2D eigenvalue weighted by Crippen LogP contribution is -2.48. The summed E-state index contributed by atoms with van der Waals surface area (Å²) in [6.45, 7) is 4.92. The lowest BCUT2D eigenvalue weighted by molar-refractivity contribution is -0.152. The Hall–Kier alpha value is -1.68.